The molecule has 1 aliphatic heterocycles. The molecule has 2 aliphatic rings. The van der Waals surface area contributed by atoms with E-state index < -0.39 is 30.5 Å². The summed E-state index contributed by atoms with van der Waals surface area (Å²) >= 11 is 0. The number of halogens is 3. The van der Waals surface area contributed by atoms with Crippen LogP contribution in [0.5, 0.6) is 0 Å². The molecule has 1 saturated heterocycles. The molecule has 2 fully saturated rings. The van der Waals surface area contributed by atoms with Crippen LogP contribution in [0.3, 0.4) is 0 Å². The molecule has 18 heavy (non-hydrogen) atoms. The van der Waals surface area contributed by atoms with Gasteiger partial charge in [0.15, 0.2) is 5.60 Å². The van der Waals surface area contributed by atoms with Crippen LogP contribution in [0.4, 0.5) is 13.2 Å². The first-order valence-corrected chi connectivity index (χ1v) is 6.22. The molecule has 0 unspecified atom stereocenters. The predicted octanol–water partition coefficient (Wildman–Crippen LogP) is 1.80. The molecule has 1 heterocycles. The second-order valence-electron chi connectivity index (χ2n) is 5.88. The van der Waals surface area contributed by atoms with E-state index in [9.17, 15) is 23.1 Å². The first kappa shape index (κ1) is 13.6. The van der Waals surface area contributed by atoms with Gasteiger partial charge in [-0.1, -0.05) is 13.8 Å². The van der Waals surface area contributed by atoms with Crippen molar-refractivity contribution in [2.75, 3.05) is 13.1 Å². The standard InChI is InChI=1S/C12H18F3NO2/c1-7(2)9-5-16(6-9)10(17)8-3-11(18,4-8)12(13,14)15/h7-9,18H,3-6H2,1-2H3. The highest BCUT2D eigenvalue weighted by molar-refractivity contribution is 5.81. The van der Waals surface area contributed by atoms with Crippen LogP contribution in [-0.2, 0) is 4.79 Å². The number of carbonyl (C=O) groups is 1. The highest BCUT2D eigenvalue weighted by Crippen LogP contribution is 2.49. The molecule has 3 nitrogen and oxygen atoms in total. The van der Waals surface area contributed by atoms with Gasteiger partial charge in [0, 0.05) is 19.0 Å². The van der Waals surface area contributed by atoms with Crippen molar-refractivity contribution in [2.45, 2.75) is 38.5 Å². The molecule has 0 bridgehead atoms. The van der Waals surface area contributed by atoms with Crippen LogP contribution in [0, 0.1) is 17.8 Å². The highest BCUT2D eigenvalue weighted by atomic mass is 19.4. The third-order valence-corrected chi connectivity index (χ3v) is 4.21. The van der Waals surface area contributed by atoms with Gasteiger partial charge in [0.1, 0.15) is 0 Å². The van der Waals surface area contributed by atoms with Gasteiger partial charge in [0.05, 0.1) is 0 Å². The van der Waals surface area contributed by atoms with Gasteiger partial charge >= 0.3 is 6.18 Å². The lowest BCUT2D eigenvalue weighted by atomic mass is 9.69. The van der Waals surface area contributed by atoms with E-state index in [2.05, 4.69) is 13.8 Å². The van der Waals surface area contributed by atoms with Gasteiger partial charge in [-0.05, 0) is 24.7 Å². The smallest absolute Gasteiger partial charge is 0.380 e. The fourth-order valence-corrected chi connectivity index (χ4v) is 2.53. The first-order valence-electron chi connectivity index (χ1n) is 6.22. The number of nitrogens with zero attached hydrogens (tertiary/aromatic N) is 1. The summed E-state index contributed by atoms with van der Waals surface area (Å²) < 4.78 is 37.2. The minimum atomic E-state index is -4.63. The van der Waals surface area contributed by atoms with Crippen LogP contribution in [0.25, 0.3) is 0 Å². The number of alkyl halides is 3. The Balaban J connectivity index is 1.82. The van der Waals surface area contributed by atoms with E-state index in [0.29, 0.717) is 24.9 Å². The lowest BCUT2D eigenvalue weighted by molar-refractivity contribution is -0.297. The zero-order chi connectivity index (χ0) is 13.7. The summed E-state index contributed by atoms with van der Waals surface area (Å²) in [5.74, 6) is 0.0450. The Morgan fingerprint density at radius 3 is 2.22 bits per heavy atom. The Bertz CT molecular complexity index is 342. The van der Waals surface area contributed by atoms with Gasteiger partial charge in [-0.25, -0.2) is 0 Å². The Morgan fingerprint density at radius 2 is 1.83 bits per heavy atom. The van der Waals surface area contributed by atoms with E-state index in [-0.39, 0.29) is 5.91 Å². The molecule has 0 atom stereocenters. The summed E-state index contributed by atoms with van der Waals surface area (Å²) in [4.78, 5) is 13.4. The quantitative estimate of drug-likeness (QED) is 0.827. The Hall–Kier alpha value is -0.780. The van der Waals surface area contributed by atoms with Crippen molar-refractivity contribution in [1.82, 2.24) is 4.90 Å². The number of rotatable bonds is 2. The number of amides is 1. The number of hydrogen-bond donors (Lipinski definition) is 1. The maximum absolute atomic E-state index is 12.4. The molecule has 0 aromatic heterocycles. The molecule has 1 amide bonds. The Kier molecular flexibility index (Phi) is 3.12. The summed E-state index contributed by atoms with van der Waals surface area (Å²) in [6.07, 6.45) is -5.60. The average Bonchev–Trinajstić information content (AvgIpc) is 2.07. The fourth-order valence-electron chi connectivity index (χ4n) is 2.53. The van der Waals surface area contributed by atoms with Crippen LogP contribution in [0.15, 0.2) is 0 Å². The molecule has 0 aromatic rings. The van der Waals surface area contributed by atoms with E-state index in [4.69, 9.17) is 0 Å². The Labute approximate surface area is 104 Å². The highest BCUT2D eigenvalue weighted by Gasteiger charge is 2.63. The van der Waals surface area contributed by atoms with Gasteiger partial charge in [-0.15, -0.1) is 0 Å². The van der Waals surface area contributed by atoms with Gasteiger partial charge in [-0.3, -0.25) is 4.79 Å². The molecule has 0 aromatic carbocycles. The molecule has 1 saturated carbocycles. The third-order valence-electron chi connectivity index (χ3n) is 4.21. The monoisotopic (exact) mass is 265 g/mol. The SMILES string of the molecule is CC(C)C1CN(C(=O)C2CC(O)(C(F)(F)F)C2)C1. The molecular formula is C12H18F3NO2. The van der Waals surface area contributed by atoms with Crippen molar-refractivity contribution in [3.8, 4) is 0 Å². The first-order chi connectivity index (χ1) is 8.14. The van der Waals surface area contributed by atoms with Crippen molar-refractivity contribution in [2.24, 2.45) is 17.8 Å². The van der Waals surface area contributed by atoms with Crippen molar-refractivity contribution >= 4 is 5.91 Å². The summed E-state index contributed by atoms with van der Waals surface area (Å²) in [7, 11) is 0. The van der Waals surface area contributed by atoms with Crippen LogP contribution in [-0.4, -0.2) is 40.8 Å². The summed E-state index contributed by atoms with van der Waals surface area (Å²) in [5.41, 5.74) is -2.64. The van der Waals surface area contributed by atoms with Crippen LogP contribution >= 0.6 is 0 Å². The largest absolute Gasteiger partial charge is 0.417 e. The van der Waals surface area contributed by atoms with Gasteiger partial charge in [0.2, 0.25) is 5.91 Å². The van der Waals surface area contributed by atoms with E-state index in [0.717, 1.165) is 0 Å². The maximum atomic E-state index is 12.4. The van der Waals surface area contributed by atoms with Gasteiger partial charge in [0.25, 0.3) is 0 Å². The molecule has 6 heteroatoms. The van der Waals surface area contributed by atoms with E-state index in [1.165, 1.54) is 0 Å². The summed E-state index contributed by atoms with van der Waals surface area (Å²) in [5, 5.41) is 9.28. The van der Waals surface area contributed by atoms with Crippen LogP contribution in [0.2, 0.25) is 0 Å². The zero-order valence-corrected chi connectivity index (χ0v) is 10.5. The molecule has 0 radical (unpaired) electrons. The minimum Gasteiger partial charge on any atom is -0.380 e. The predicted molar refractivity (Wildman–Crippen MR) is 58.6 cm³/mol. The maximum Gasteiger partial charge on any atom is 0.417 e. The van der Waals surface area contributed by atoms with E-state index in [1.54, 1.807) is 4.90 Å². The number of hydrogen-bond acceptors (Lipinski definition) is 2. The number of carbonyl (C=O) groups excluding carboxylic acids is 1. The van der Waals surface area contributed by atoms with Crippen molar-refractivity contribution in [3.05, 3.63) is 0 Å². The zero-order valence-electron chi connectivity index (χ0n) is 10.5. The topological polar surface area (TPSA) is 40.5 Å². The van der Waals surface area contributed by atoms with Crippen LogP contribution < -0.4 is 0 Å². The second-order valence-corrected chi connectivity index (χ2v) is 5.88. The Morgan fingerprint density at radius 1 is 1.33 bits per heavy atom. The summed E-state index contributed by atoms with van der Waals surface area (Å²) in [6.45, 7) is 5.41. The van der Waals surface area contributed by atoms with E-state index in [1.807, 2.05) is 0 Å². The lowest BCUT2D eigenvalue weighted by Crippen LogP contribution is -2.62. The molecule has 104 valence electrons. The van der Waals surface area contributed by atoms with Crippen molar-refractivity contribution in [1.29, 1.82) is 0 Å². The molecule has 2 rings (SSSR count). The third kappa shape index (κ3) is 2.11. The molecule has 1 aliphatic carbocycles. The lowest BCUT2D eigenvalue weighted by Gasteiger charge is -2.49. The van der Waals surface area contributed by atoms with Crippen molar-refractivity contribution < 1.29 is 23.1 Å². The van der Waals surface area contributed by atoms with Crippen molar-refractivity contribution in [3.63, 3.8) is 0 Å². The summed E-state index contributed by atoms with van der Waals surface area (Å²) in [6, 6.07) is 0. The normalized spacial score (nSPS) is 33.3. The number of likely N-dealkylation sites (tertiary alicyclic amines) is 1. The minimum absolute atomic E-state index is 0.235. The second kappa shape index (κ2) is 4.11. The van der Waals surface area contributed by atoms with E-state index >= 15 is 0 Å². The molecule has 1 N–H and O–H groups in total. The number of aliphatic hydroxyl groups is 1. The van der Waals surface area contributed by atoms with Crippen LogP contribution in [0.1, 0.15) is 26.7 Å². The van der Waals surface area contributed by atoms with Gasteiger partial charge in [-0.2, -0.15) is 13.2 Å². The molecular weight excluding hydrogens is 247 g/mol. The fraction of sp³-hybridized carbons (Fsp3) is 0.917. The average molecular weight is 265 g/mol. The van der Waals surface area contributed by atoms with Gasteiger partial charge < -0.3 is 10.0 Å². The molecule has 0 spiro atoms.